The van der Waals surface area contributed by atoms with Crippen LogP contribution in [0.2, 0.25) is 0 Å². The first-order valence-corrected chi connectivity index (χ1v) is 7.96. The van der Waals surface area contributed by atoms with E-state index in [1.165, 1.54) is 12.0 Å². The molecule has 0 aliphatic carbocycles. The summed E-state index contributed by atoms with van der Waals surface area (Å²) in [4.78, 5) is 13.4. The van der Waals surface area contributed by atoms with Crippen LogP contribution in [-0.4, -0.2) is 64.1 Å². The molecular weight excluding hydrogens is 270 g/mol. The third-order valence-corrected chi connectivity index (χ3v) is 3.46. The first-order chi connectivity index (χ1) is 8.81. The second-order valence-electron chi connectivity index (χ2n) is 4.25. The number of hydrogen-bond donors (Lipinski definition) is 1. The molecule has 2 N–H and O–H groups in total. The van der Waals surface area contributed by atoms with Crippen molar-refractivity contribution in [2.45, 2.75) is 18.9 Å². The van der Waals surface area contributed by atoms with Crippen molar-refractivity contribution >= 4 is 15.7 Å². The molecule has 7 nitrogen and oxygen atoms in total. The molecule has 0 bridgehead atoms. The van der Waals surface area contributed by atoms with Gasteiger partial charge in [-0.05, 0) is 6.42 Å². The van der Waals surface area contributed by atoms with Crippen molar-refractivity contribution in [2.24, 2.45) is 5.73 Å². The molecule has 0 saturated carbocycles. The van der Waals surface area contributed by atoms with Crippen LogP contribution < -0.4 is 5.73 Å². The zero-order valence-corrected chi connectivity index (χ0v) is 12.1. The van der Waals surface area contributed by atoms with Gasteiger partial charge in [-0.2, -0.15) is 5.26 Å². The summed E-state index contributed by atoms with van der Waals surface area (Å²) in [5, 5.41) is 8.54. The highest BCUT2D eigenvalue weighted by molar-refractivity contribution is 7.90. The predicted octanol–water partition coefficient (Wildman–Crippen LogP) is -0.863. The van der Waals surface area contributed by atoms with E-state index in [-0.39, 0.29) is 31.0 Å². The number of carbonyl (C=O) groups excluding carboxylic acids is 1. The first-order valence-electron chi connectivity index (χ1n) is 5.89. The molecule has 1 unspecified atom stereocenters. The van der Waals surface area contributed by atoms with Crippen LogP contribution in [-0.2, 0) is 19.4 Å². The van der Waals surface area contributed by atoms with Gasteiger partial charge < -0.3 is 15.4 Å². The monoisotopic (exact) mass is 291 g/mol. The summed E-state index contributed by atoms with van der Waals surface area (Å²) in [6.07, 6.45) is 1.38. The van der Waals surface area contributed by atoms with Gasteiger partial charge in [0.2, 0.25) is 5.91 Å². The van der Waals surface area contributed by atoms with Crippen molar-refractivity contribution in [3.8, 4) is 6.07 Å². The number of ether oxygens (including phenoxy) is 1. The molecule has 0 fully saturated rings. The van der Waals surface area contributed by atoms with Gasteiger partial charge in [-0.15, -0.1) is 0 Å². The number of sulfone groups is 1. The van der Waals surface area contributed by atoms with Crippen molar-refractivity contribution in [3.63, 3.8) is 0 Å². The molecule has 0 spiro atoms. The fraction of sp³-hybridized carbons (Fsp3) is 0.818. The van der Waals surface area contributed by atoms with E-state index in [0.29, 0.717) is 13.2 Å². The number of amides is 1. The Bertz CT molecular complexity index is 416. The second-order valence-corrected chi connectivity index (χ2v) is 6.51. The zero-order chi connectivity index (χ0) is 14.9. The van der Waals surface area contributed by atoms with Crippen LogP contribution in [0.1, 0.15) is 12.8 Å². The lowest BCUT2D eigenvalue weighted by atomic mass is 10.2. The van der Waals surface area contributed by atoms with E-state index in [9.17, 15) is 13.2 Å². The molecule has 0 aliphatic rings. The van der Waals surface area contributed by atoms with Crippen molar-refractivity contribution in [3.05, 3.63) is 0 Å². The molecular formula is C11H21N3O4S. The minimum atomic E-state index is -3.14. The maximum absolute atomic E-state index is 12.0. The summed E-state index contributed by atoms with van der Waals surface area (Å²) in [5.41, 5.74) is 5.69. The lowest BCUT2D eigenvalue weighted by Crippen LogP contribution is -2.46. The second kappa shape index (κ2) is 8.85. The Kier molecular flexibility index (Phi) is 8.30. The number of methoxy groups -OCH3 is 1. The van der Waals surface area contributed by atoms with E-state index in [0.717, 1.165) is 6.26 Å². The van der Waals surface area contributed by atoms with Gasteiger partial charge in [0.1, 0.15) is 9.84 Å². The van der Waals surface area contributed by atoms with Gasteiger partial charge in [0.25, 0.3) is 0 Å². The van der Waals surface area contributed by atoms with Crippen LogP contribution in [0.5, 0.6) is 0 Å². The fourth-order valence-electron chi connectivity index (χ4n) is 1.42. The molecule has 0 rings (SSSR count). The number of nitrogens with zero attached hydrogens (tertiary/aromatic N) is 2. The summed E-state index contributed by atoms with van der Waals surface area (Å²) in [6, 6.07) is 1.08. The molecule has 0 aromatic heterocycles. The first kappa shape index (κ1) is 17.8. The maximum Gasteiger partial charge on any atom is 0.239 e. The molecule has 0 radical (unpaired) electrons. The molecule has 0 heterocycles. The predicted molar refractivity (Wildman–Crippen MR) is 71.0 cm³/mol. The third-order valence-electron chi connectivity index (χ3n) is 2.49. The molecule has 19 heavy (non-hydrogen) atoms. The lowest BCUT2D eigenvalue weighted by Gasteiger charge is -2.24. The maximum atomic E-state index is 12.0. The summed E-state index contributed by atoms with van der Waals surface area (Å²) in [6.45, 7) is 0.949. The zero-order valence-electron chi connectivity index (χ0n) is 11.3. The molecule has 8 heteroatoms. The quantitative estimate of drug-likeness (QED) is 0.591. The van der Waals surface area contributed by atoms with E-state index in [1.54, 1.807) is 0 Å². The van der Waals surface area contributed by atoms with Gasteiger partial charge in [0.05, 0.1) is 30.9 Å². The minimum Gasteiger partial charge on any atom is -0.383 e. The molecule has 0 aromatic rings. The Morgan fingerprint density at radius 1 is 1.47 bits per heavy atom. The van der Waals surface area contributed by atoms with Gasteiger partial charge in [-0.3, -0.25) is 4.79 Å². The Hall–Kier alpha value is -1.17. The highest BCUT2D eigenvalue weighted by Crippen LogP contribution is 2.01. The Morgan fingerprint density at radius 2 is 2.11 bits per heavy atom. The SMILES string of the molecule is COCCN(CCC#N)C(=O)C(N)CCS(C)(=O)=O. The van der Waals surface area contributed by atoms with Crippen LogP contribution in [0.15, 0.2) is 0 Å². The molecule has 1 atom stereocenters. The molecule has 110 valence electrons. The van der Waals surface area contributed by atoms with Gasteiger partial charge in [-0.1, -0.05) is 0 Å². The van der Waals surface area contributed by atoms with Crippen molar-refractivity contribution in [1.82, 2.24) is 4.90 Å². The van der Waals surface area contributed by atoms with Gasteiger partial charge in [0, 0.05) is 26.5 Å². The van der Waals surface area contributed by atoms with E-state index >= 15 is 0 Å². The summed E-state index contributed by atoms with van der Waals surface area (Å²) < 4.78 is 26.9. The Balaban J connectivity index is 4.46. The van der Waals surface area contributed by atoms with Crippen LogP contribution >= 0.6 is 0 Å². The third kappa shape index (κ3) is 8.53. The standard InChI is InChI=1S/C11H21N3O4S/c1-18-8-7-14(6-3-5-12)11(15)10(13)4-9-19(2,16)17/h10H,3-4,6-9,13H2,1-2H3. The van der Waals surface area contributed by atoms with E-state index < -0.39 is 15.9 Å². The molecule has 0 saturated heterocycles. The van der Waals surface area contributed by atoms with Crippen molar-refractivity contribution in [2.75, 3.05) is 38.8 Å². The highest BCUT2D eigenvalue weighted by atomic mass is 32.2. The van der Waals surface area contributed by atoms with Crippen molar-refractivity contribution in [1.29, 1.82) is 5.26 Å². The van der Waals surface area contributed by atoms with Crippen LogP contribution in [0.4, 0.5) is 0 Å². The van der Waals surface area contributed by atoms with Crippen LogP contribution in [0.3, 0.4) is 0 Å². The number of nitriles is 1. The van der Waals surface area contributed by atoms with Gasteiger partial charge in [0.15, 0.2) is 0 Å². The van der Waals surface area contributed by atoms with E-state index in [4.69, 9.17) is 15.7 Å². The normalized spacial score (nSPS) is 12.7. The number of rotatable bonds is 9. The van der Waals surface area contributed by atoms with Gasteiger partial charge >= 0.3 is 0 Å². The van der Waals surface area contributed by atoms with Crippen LogP contribution in [0, 0.1) is 11.3 Å². The number of hydrogen-bond acceptors (Lipinski definition) is 6. The topological polar surface area (TPSA) is 113 Å². The Morgan fingerprint density at radius 3 is 2.58 bits per heavy atom. The summed E-state index contributed by atoms with van der Waals surface area (Å²) >= 11 is 0. The van der Waals surface area contributed by atoms with Crippen LogP contribution in [0.25, 0.3) is 0 Å². The smallest absolute Gasteiger partial charge is 0.239 e. The van der Waals surface area contributed by atoms with Gasteiger partial charge in [-0.25, -0.2) is 8.42 Å². The molecule has 1 amide bonds. The number of carbonyl (C=O) groups is 1. The summed E-state index contributed by atoms with van der Waals surface area (Å²) in [5.74, 6) is -0.480. The fourth-order valence-corrected chi connectivity index (χ4v) is 2.10. The largest absolute Gasteiger partial charge is 0.383 e. The minimum absolute atomic E-state index is 0.0771. The summed E-state index contributed by atoms with van der Waals surface area (Å²) in [7, 11) is -1.63. The van der Waals surface area contributed by atoms with E-state index in [2.05, 4.69) is 0 Å². The molecule has 0 aliphatic heterocycles. The number of nitrogens with two attached hydrogens (primary N) is 1. The highest BCUT2D eigenvalue weighted by Gasteiger charge is 2.21. The lowest BCUT2D eigenvalue weighted by molar-refractivity contribution is -0.133. The van der Waals surface area contributed by atoms with Crippen molar-refractivity contribution < 1.29 is 17.9 Å². The Labute approximate surface area is 114 Å². The average Bonchev–Trinajstić information content (AvgIpc) is 2.34. The average molecular weight is 291 g/mol. The molecule has 0 aromatic carbocycles. The van der Waals surface area contributed by atoms with E-state index in [1.807, 2.05) is 6.07 Å².